The second-order valence-corrected chi connectivity index (χ2v) is 10.5. The Kier molecular flexibility index (Phi) is 7.94. The summed E-state index contributed by atoms with van der Waals surface area (Å²) in [4.78, 5) is 20.1. The summed E-state index contributed by atoms with van der Waals surface area (Å²) in [6.45, 7) is -0.548. The van der Waals surface area contributed by atoms with Gasteiger partial charge in [-0.25, -0.2) is 4.57 Å². The van der Waals surface area contributed by atoms with Gasteiger partial charge in [0.2, 0.25) is 0 Å². The zero-order valence-corrected chi connectivity index (χ0v) is 20.5. The van der Waals surface area contributed by atoms with Gasteiger partial charge in [-0.05, 0) is 58.3 Å². The van der Waals surface area contributed by atoms with Gasteiger partial charge >= 0.3 is 7.82 Å². The van der Waals surface area contributed by atoms with Crippen LogP contribution in [-0.2, 0) is 21.2 Å². The maximum Gasteiger partial charge on any atom is 0.469 e. The molecule has 0 bridgehead atoms. The lowest BCUT2D eigenvalue weighted by molar-refractivity contribution is 0.107. The first-order valence-electron chi connectivity index (χ1n) is 10.8. The number of fused-ring (bicyclic) bond motifs is 1. The number of benzene rings is 4. The van der Waals surface area contributed by atoms with Crippen LogP contribution in [0, 0.1) is 0 Å². The van der Waals surface area contributed by atoms with Gasteiger partial charge in [-0.2, -0.15) is 0 Å². The minimum Gasteiger partial charge on any atom is -0.489 e. The number of rotatable bonds is 10. The Morgan fingerprint density at radius 2 is 1.57 bits per heavy atom. The Balaban J connectivity index is 1.48. The molecule has 0 saturated heterocycles. The molecule has 0 heterocycles. The molecule has 0 aliphatic rings. The molecular weight excluding hydrogens is 485 g/mol. The molecule has 0 amide bonds. The zero-order chi connectivity index (χ0) is 24.9. The molecule has 0 aliphatic carbocycles. The van der Waals surface area contributed by atoms with Crippen LogP contribution in [0.4, 0.5) is 0 Å². The number of hydrogen-bond acceptors (Lipinski definition) is 6. The van der Waals surface area contributed by atoms with Crippen molar-refractivity contribution in [1.82, 2.24) is 0 Å². The number of hydrogen-bond donors (Lipinski definition) is 4. The van der Waals surface area contributed by atoms with Gasteiger partial charge in [0.25, 0.3) is 0 Å². The van der Waals surface area contributed by atoms with E-state index >= 15 is 0 Å². The molecule has 5 N–H and O–H groups in total. The smallest absolute Gasteiger partial charge is 0.469 e. The first-order chi connectivity index (χ1) is 16.7. The predicted molar refractivity (Wildman–Crippen MR) is 136 cm³/mol. The van der Waals surface area contributed by atoms with Gasteiger partial charge in [-0.1, -0.05) is 66.4 Å². The van der Waals surface area contributed by atoms with E-state index in [9.17, 15) is 9.67 Å². The number of nitrogens with two attached hydrogens (primary N) is 1. The predicted octanol–water partition coefficient (Wildman–Crippen LogP) is 4.83. The van der Waals surface area contributed by atoms with Gasteiger partial charge in [0, 0.05) is 9.79 Å². The molecule has 7 nitrogen and oxygen atoms in total. The van der Waals surface area contributed by atoms with E-state index in [0.717, 1.165) is 31.9 Å². The Labute approximate surface area is 207 Å². The fourth-order valence-corrected chi connectivity index (χ4v) is 4.84. The van der Waals surface area contributed by atoms with Crippen LogP contribution in [0.15, 0.2) is 101 Å². The summed E-state index contributed by atoms with van der Waals surface area (Å²) in [5.41, 5.74) is 6.37. The topological polar surface area (TPSA) is 122 Å². The molecule has 4 aromatic carbocycles. The maximum absolute atomic E-state index is 11.1. The summed E-state index contributed by atoms with van der Waals surface area (Å²) in [7, 11) is -4.71. The number of phosphoric ester groups is 1. The summed E-state index contributed by atoms with van der Waals surface area (Å²) in [6, 6.07) is 29.3. The number of phosphoric acid groups is 1. The van der Waals surface area contributed by atoms with Crippen molar-refractivity contribution in [2.45, 2.75) is 21.9 Å². The minimum absolute atomic E-state index is 0.503. The lowest BCUT2D eigenvalue weighted by atomic mass is 9.91. The normalized spacial score (nSPS) is 13.5. The Hall–Kier alpha value is -2.68. The van der Waals surface area contributed by atoms with E-state index < -0.39 is 26.6 Å². The fraction of sp³-hybridized carbons (Fsp3) is 0.154. The Morgan fingerprint density at radius 1 is 0.857 bits per heavy atom. The Morgan fingerprint density at radius 3 is 2.31 bits per heavy atom. The van der Waals surface area contributed by atoms with Crippen molar-refractivity contribution in [3.05, 3.63) is 102 Å². The van der Waals surface area contributed by atoms with Crippen molar-refractivity contribution in [1.29, 1.82) is 0 Å². The molecule has 4 rings (SSSR count). The summed E-state index contributed by atoms with van der Waals surface area (Å²) in [6.07, 6.45) is 0. The lowest BCUT2D eigenvalue weighted by Gasteiger charge is -2.28. The standard InChI is InChI=1S/C26H26NO6PS/c27-26(17-28,18-33-34(29,30)31)22-11-9-21-14-25(12-10-20(21)13-22)35-24-8-4-7-23(15-24)32-16-19-5-2-1-3-6-19/h1-15,28H,16-18,27H2,(H2,29,30,31). The van der Waals surface area contributed by atoms with Crippen molar-refractivity contribution in [3.8, 4) is 5.75 Å². The maximum atomic E-state index is 11.1. The van der Waals surface area contributed by atoms with E-state index in [1.165, 1.54) is 0 Å². The quantitative estimate of drug-likeness (QED) is 0.224. The van der Waals surface area contributed by atoms with Crippen LogP contribution in [0.25, 0.3) is 10.8 Å². The van der Waals surface area contributed by atoms with E-state index in [4.69, 9.17) is 20.3 Å². The molecule has 0 aromatic heterocycles. The molecule has 182 valence electrons. The monoisotopic (exact) mass is 511 g/mol. The van der Waals surface area contributed by atoms with Gasteiger partial charge in [0.15, 0.2) is 0 Å². The van der Waals surface area contributed by atoms with Gasteiger partial charge in [0.1, 0.15) is 12.4 Å². The SMILES string of the molecule is NC(CO)(COP(=O)(O)O)c1ccc2cc(Sc3cccc(OCc4ccccc4)c3)ccc2c1. The lowest BCUT2D eigenvalue weighted by Crippen LogP contribution is -2.44. The van der Waals surface area contributed by atoms with Crippen LogP contribution in [0.3, 0.4) is 0 Å². The first-order valence-corrected chi connectivity index (χ1v) is 13.2. The van der Waals surface area contributed by atoms with Gasteiger partial charge < -0.3 is 25.4 Å². The van der Waals surface area contributed by atoms with E-state index in [-0.39, 0.29) is 0 Å². The molecule has 9 heteroatoms. The minimum atomic E-state index is -4.71. The third kappa shape index (κ3) is 6.93. The highest BCUT2D eigenvalue weighted by Crippen LogP contribution is 2.38. The van der Waals surface area contributed by atoms with Crippen molar-refractivity contribution >= 4 is 30.4 Å². The molecule has 4 aromatic rings. The van der Waals surface area contributed by atoms with Crippen LogP contribution >= 0.6 is 19.6 Å². The van der Waals surface area contributed by atoms with E-state index in [1.807, 2.05) is 78.9 Å². The van der Waals surface area contributed by atoms with Crippen LogP contribution in [0.1, 0.15) is 11.1 Å². The second-order valence-electron chi connectivity index (χ2n) is 8.15. The molecule has 0 fully saturated rings. The number of aliphatic hydroxyl groups excluding tert-OH is 1. The van der Waals surface area contributed by atoms with Crippen LogP contribution in [0.5, 0.6) is 5.75 Å². The molecule has 1 atom stereocenters. The highest BCUT2D eigenvalue weighted by atomic mass is 32.2. The van der Waals surface area contributed by atoms with E-state index in [0.29, 0.717) is 12.2 Å². The van der Waals surface area contributed by atoms with Crippen molar-refractivity contribution in [2.24, 2.45) is 5.73 Å². The summed E-state index contributed by atoms with van der Waals surface area (Å²) in [5.74, 6) is 0.796. The number of ether oxygens (including phenoxy) is 1. The van der Waals surface area contributed by atoms with Crippen molar-refractivity contribution in [2.75, 3.05) is 13.2 Å². The third-order valence-corrected chi connectivity index (χ3v) is 6.89. The van der Waals surface area contributed by atoms with Gasteiger partial charge in [-0.3, -0.25) is 4.52 Å². The second kappa shape index (κ2) is 10.9. The van der Waals surface area contributed by atoms with Crippen molar-refractivity contribution in [3.63, 3.8) is 0 Å². The largest absolute Gasteiger partial charge is 0.489 e. The van der Waals surface area contributed by atoms with Gasteiger partial charge in [0.05, 0.1) is 18.8 Å². The highest BCUT2D eigenvalue weighted by Gasteiger charge is 2.31. The first kappa shape index (κ1) is 25.4. The molecule has 0 radical (unpaired) electrons. The summed E-state index contributed by atoms with van der Waals surface area (Å²) >= 11 is 1.61. The van der Waals surface area contributed by atoms with Crippen molar-refractivity contribution < 1.29 is 28.7 Å². The third-order valence-electron chi connectivity index (χ3n) is 5.45. The Bertz CT molecular complexity index is 1350. The molecule has 0 saturated carbocycles. The summed E-state index contributed by atoms with van der Waals surface area (Å²) in [5, 5.41) is 11.6. The summed E-state index contributed by atoms with van der Waals surface area (Å²) < 4.78 is 21.6. The zero-order valence-electron chi connectivity index (χ0n) is 18.8. The van der Waals surface area contributed by atoms with Gasteiger partial charge in [-0.15, -0.1) is 0 Å². The molecule has 0 aliphatic heterocycles. The van der Waals surface area contributed by atoms with Crippen LogP contribution in [-0.4, -0.2) is 28.1 Å². The van der Waals surface area contributed by atoms with E-state index in [1.54, 1.807) is 23.9 Å². The van der Waals surface area contributed by atoms with E-state index in [2.05, 4.69) is 4.52 Å². The molecule has 1 unspecified atom stereocenters. The number of aliphatic hydroxyl groups is 1. The average Bonchev–Trinajstić information content (AvgIpc) is 2.86. The molecule has 0 spiro atoms. The van der Waals surface area contributed by atoms with Crippen LogP contribution < -0.4 is 10.5 Å². The highest BCUT2D eigenvalue weighted by molar-refractivity contribution is 7.99. The molecular formula is C26H26NO6PS. The fourth-order valence-electron chi connectivity index (χ4n) is 3.52. The average molecular weight is 512 g/mol. The van der Waals surface area contributed by atoms with Crippen LogP contribution in [0.2, 0.25) is 0 Å². The molecule has 35 heavy (non-hydrogen) atoms.